The minimum atomic E-state index is 0.809. The van der Waals surface area contributed by atoms with Crippen LogP contribution in [0.4, 0.5) is 0 Å². The molecule has 0 aromatic rings. The van der Waals surface area contributed by atoms with Gasteiger partial charge in [0.2, 0.25) is 0 Å². The summed E-state index contributed by atoms with van der Waals surface area (Å²) in [5.74, 6) is 0. The van der Waals surface area contributed by atoms with E-state index in [1.54, 1.807) is 0 Å². The maximum absolute atomic E-state index is 5.28. The highest BCUT2D eigenvalue weighted by Crippen LogP contribution is 1.97. The third-order valence-electron chi connectivity index (χ3n) is 1.43. The molecule has 0 aromatic heterocycles. The standard InChI is InChI=1S/C10H19O/c1-3-5-6-7-8-10-11-9-4-2/h3,5H,2,4,6-10H2,1H3. The van der Waals surface area contributed by atoms with Gasteiger partial charge in [0.05, 0.1) is 0 Å². The third-order valence-corrected chi connectivity index (χ3v) is 1.43. The molecule has 0 aliphatic heterocycles. The van der Waals surface area contributed by atoms with Crippen molar-refractivity contribution >= 4 is 0 Å². The molecule has 0 atom stereocenters. The normalized spacial score (nSPS) is 11.1. The highest BCUT2D eigenvalue weighted by Gasteiger charge is 1.86. The maximum atomic E-state index is 5.28. The minimum absolute atomic E-state index is 0.809. The Morgan fingerprint density at radius 1 is 1.27 bits per heavy atom. The summed E-state index contributed by atoms with van der Waals surface area (Å²) in [5, 5.41) is 0. The third kappa shape index (κ3) is 9.70. The van der Waals surface area contributed by atoms with Gasteiger partial charge in [-0.2, -0.15) is 0 Å². The zero-order chi connectivity index (χ0) is 8.36. The molecule has 1 radical (unpaired) electrons. The molecule has 0 aliphatic rings. The van der Waals surface area contributed by atoms with E-state index in [0.717, 1.165) is 19.6 Å². The molecule has 0 unspecified atom stereocenters. The SMILES string of the molecule is [CH2]CCOCCCCC=CC. The van der Waals surface area contributed by atoms with Gasteiger partial charge in [0.15, 0.2) is 0 Å². The molecule has 0 fully saturated rings. The highest BCUT2D eigenvalue weighted by molar-refractivity contribution is 4.75. The fourth-order valence-electron chi connectivity index (χ4n) is 0.837. The van der Waals surface area contributed by atoms with E-state index in [1.165, 1.54) is 19.3 Å². The Hall–Kier alpha value is -0.300. The largest absolute Gasteiger partial charge is 0.381 e. The van der Waals surface area contributed by atoms with Crippen LogP contribution in [0.2, 0.25) is 0 Å². The van der Waals surface area contributed by atoms with Gasteiger partial charge < -0.3 is 4.74 Å². The predicted molar refractivity (Wildman–Crippen MR) is 49.5 cm³/mol. The average molecular weight is 155 g/mol. The number of hydrogen-bond donors (Lipinski definition) is 0. The van der Waals surface area contributed by atoms with Crippen molar-refractivity contribution < 1.29 is 4.74 Å². The second kappa shape index (κ2) is 9.70. The first-order chi connectivity index (χ1) is 5.41. The first-order valence-electron chi connectivity index (χ1n) is 4.40. The molecule has 0 heterocycles. The van der Waals surface area contributed by atoms with Crippen LogP contribution in [0.25, 0.3) is 0 Å². The fraction of sp³-hybridized carbons (Fsp3) is 0.700. The minimum Gasteiger partial charge on any atom is -0.381 e. The van der Waals surface area contributed by atoms with Gasteiger partial charge in [-0.05, 0) is 32.6 Å². The molecule has 0 spiro atoms. The Morgan fingerprint density at radius 3 is 2.73 bits per heavy atom. The van der Waals surface area contributed by atoms with Crippen LogP contribution in [0.1, 0.15) is 32.6 Å². The van der Waals surface area contributed by atoms with Crippen molar-refractivity contribution in [1.82, 2.24) is 0 Å². The van der Waals surface area contributed by atoms with Gasteiger partial charge in [-0.3, -0.25) is 0 Å². The van der Waals surface area contributed by atoms with Crippen molar-refractivity contribution in [2.45, 2.75) is 32.6 Å². The molecule has 0 N–H and O–H groups in total. The quantitative estimate of drug-likeness (QED) is 0.405. The highest BCUT2D eigenvalue weighted by atomic mass is 16.5. The van der Waals surface area contributed by atoms with Crippen molar-refractivity contribution in [3.8, 4) is 0 Å². The fourth-order valence-corrected chi connectivity index (χ4v) is 0.837. The summed E-state index contributed by atoms with van der Waals surface area (Å²) in [6, 6.07) is 0. The van der Waals surface area contributed by atoms with E-state index in [4.69, 9.17) is 4.74 Å². The lowest BCUT2D eigenvalue weighted by Gasteiger charge is -1.99. The summed E-state index contributed by atoms with van der Waals surface area (Å²) in [4.78, 5) is 0. The van der Waals surface area contributed by atoms with Crippen LogP contribution < -0.4 is 0 Å². The lowest BCUT2D eigenvalue weighted by Crippen LogP contribution is -1.94. The number of rotatable bonds is 7. The summed E-state index contributed by atoms with van der Waals surface area (Å²) >= 11 is 0. The Labute approximate surface area is 70.4 Å². The van der Waals surface area contributed by atoms with Crippen LogP contribution in [0.3, 0.4) is 0 Å². The van der Waals surface area contributed by atoms with E-state index >= 15 is 0 Å². The first kappa shape index (κ1) is 10.7. The van der Waals surface area contributed by atoms with Crippen molar-refractivity contribution in [2.24, 2.45) is 0 Å². The number of hydrogen-bond acceptors (Lipinski definition) is 1. The number of ether oxygens (including phenoxy) is 1. The van der Waals surface area contributed by atoms with Crippen LogP contribution in [0.5, 0.6) is 0 Å². The van der Waals surface area contributed by atoms with Gasteiger partial charge in [0.1, 0.15) is 0 Å². The van der Waals surface area contributed by atoms with Gasteiger partial charge in [0.25, 0.3) is 0 Å². The molecular weight excluding hydrogens is 136 g/mol. The molecular formula is C10H19O. The van der Waals surface area contributed by atoms with Crippen molar-refractivity contribution in [1.29, 1.82) is 0 Å². The van der Waals surface area contributed by atoms with E-state index in [2.05, 4.69) is 26.0 Å². The van der Waals surface area contributed by atoms with Gasteiger partial charge in [-0.1, -0.05) is 19.1 Å². The lowest BCUT2D eigenvalue weighted by molar-refractivity contribution is 0.134. The number of allylic oxidation sites excluding steroid dienone is 2. The summed E-state index contributed by atoms with van der Waals surface area (Å²) in [5.41, 5.74) is 0. The maximum Gasteiger partial charge on any atom is 0.0466 e. The van der Waals surface area contributed by atoms with E-state index in [9.17, 15) is 0 Å². The molecule has 1 heteroatoms. The van der Waals surface area contributed by atoms with Crippen LogP contribution in [-0.4, -0.2) is 13.2 Å². The smallest absolute Gasteiger partial charge is 0.0466 e. The van der Waals surface area contributed by atoms with Crippen molar-refractivity contribution in [3.63, 3.8) is 0 Å². The van der Waals surface area contributed by atoms with Gasteiger partial charge in [-0.15, -0.1) is 0 Å². The molecule has 0 aliphatic carbocycles. The predicted octanol–water partition coefficient (Wildman–Crippen LogP) is 2.97. The van der Waals surface area contributed by atoms with Crippen molar-refractivity contribution in [3.05, 3.63) is 19.1 Å². The molecule has 1 nitrogen and oxygen atoms in total. The van der Waals surface area contributed by atoms with E-state index in [-0.39, 0.29) is 0 Å². The van der Waals surface area contributed by atoms with Crippen molar-refractivity contribution in [2.75, 3.05) is 13.2 Å². The first-order valence-corrected chi connectivity index (χ1v) is 4.40. The topological polar surface area (TPSA) is 9.23 Å². The summed E-state index contributed by atoms with van der Waals surface area (Å²) in [7, 11) is 0. The Morgan fingerprint density at radius 2 is 2.09 bits per heavy atom. The van der Waals surface area contributed by atoms with Crippen LogP contribution in [0, 0.1) is 6.92 Å². The molecule has 0 bridgehead atoms. The second-order valence-electron chi connectivity index (χ2n) is 2.53. The summed E-state index contributed by atoms with van der Waals surface area (Å²) in [6.45, 7) is 7.46. The summed E-state index contributed by atoms with van der Waals surface area (Å²) in [6.07, 6.45) is 8.77. The molecule has 0 saturated heterocycles. The van der Waals surface area contributed by atoms with Gasteiger partial charge in [-0.25, -0.2) is 0 Å². The van der Waals surface area contributed by atoms with Crippen LogP contribution in [-0.2, 0) is 4.74 Å². The molecule has 11 heavy (non-hydrogen) atoms. The monoisotopic (exact) mass is 155 g/mol. The van der Waals surface area contributed by atoms with E-state index < -0.39 is 0 Å². The van der Waals surface area contributed by atoms with Crippen LogP contribution >= 0.6 is 0 Å². The summed E-state index contributed by atoms with van der Waals surface area (Å²) < 4.78 is 5.28. The van der Waals surface area contributed by atoms with E-state index in [1.807, 2.05) is 0 Å². The second-order valence-corrected chi connectivity index (χ2v) is 2.53. The Kier molecular flexibility index (Phi) is 9.44. The number of unbranched alkanes of at least 4 members (excludes halogenated alkanes) is 2. The molecule has 0 aromatic carbocycles. The van der Waals surface area contributed by atoms with Gasteiger partial charge in [0, 0.05) is 13.2 Å². The molecule has 65 valence electrons. The zero-order valence-electron chi connectivity index (χ0n) is 7.51. The lowest BCUT2D eigenvalue weighted by atomic mass is 10.2. The van der Waals surface area contributed by atoms with Crippen LogP contribution in [0.15, 0.2) is 12.2 Å². The zero-order valence-corrected chi connectivity index (χ0v) is 7.51. The Bertz CT molecular complexity index is 86.9. The molecule has 0 saturated carbocycles. The molecule has 0 rings (SSSR count). The Balaban J connectivity index is 2.79. The van der Waals surface area contributed by atoms with Gasteiger partial charge >= 0.3 is 0 Å². The molecule has 0 amide bonds. The average Bonchev–Trinajstić information content (AvgIpc) is 2.03. The van der Waals surface area contributed by atoms with E-state index in [0.29, 0.717) is 0 Å².